The first-order valence-corrected chi connectivity index (χ1v) is 7.13. The maximum atomic E-state index is 12.5. The Morgan fingerprint density at radius 3 is 2.32 bits per heavy atom. The molecule has 0 fully saturated rings. The third-order valence-corrected chi connectivity index (χ3v) is 4.18. The van der Waals surface area contributed by atoms with Gasteiger partial charge in [-0.05, 0) is 45.3 Å². The zero-order valence-electron chi connectivity index (χ0n) is 10.1. The average molecular weight is 337 g/mol. The highest BCUT2D eigenvalue weighted by Gasteiger charge is 2.24. The summed E-state index contributed by atoms with van der Waals surface area (Å²) in [5, 5.41) is 0.619. The molecule has 0 spiro atoms. The number of hydrogen-bond donors (Lipinski definition) is 0. The fourth-order valence-electron chi connectivity index (χ4n) is 2.31. The molecule has 1 aliphatic heterocycles. The fraction of sp³-hybridized carbons (Fsp3) is 0.133. The average Bonchev–Trinajstić information content (AvgIpc) is 2.81. The first-order valence-electron chi connectivity index (χ1n) is 5.96. The lowest BCUT2D eigenvalue weighted by atomic mass is 10.1. The molecule has 1 heterocycles. The van der Waals surface area contributed by atoms with Gasteiger partial charge in [0, 0.05) is 22.6 Å². The molecule has 1 amide bonds. The molecule has 2 aromatic carbocycles. The van der Waals surface area contributed by atoms with E-state index in [-0.39, 0.29) is 5.91 Å². The van der Waals surface area contributed by atoms with Gasteiger partial charge in [0.05, 0.1) is 5.56 Å². The second-order valence-corrected chi connectivity index (χ2v) is 5.84. The smallest absolute Gasteiger partial charge is 0.255 e. The molecule has 0 aliphatic carbocycles. The Hall–Kier alpha value is -1.32. The molecular weight excluding hydrogens is 326 g/mol. The molecule has 0 radical (unpaired) electrons. The summed E-state index contributed by atoms with van der Waals surface area (Å²) in [4.78, 5) is 14.3. The molecule has 1 aliphatic rings. The Morgan fingerprint density at radius 2 is 1.74 bits per heavy atom. The summed E-state index contributed by atoms with van der Waals surface area (Å²) in [6.07, 6.45) is 0. The molecule has 0 saturated heterocycles. The second kappa shape index (κ2) is 4.99. The number of nitrogens with zero attached hydrogens (tertiary/aromatic N) is 1. The number of benzene rings is 2. The zero-order chi connectivity index (χ0) is 13.4. The van der Waals surface area contributed by atoms with Gasteiger partial charge in [-0.3, -0.25) is 4.79 Å². The first kappa shape index (κ1) is 12.7. The van der Waals surface area contributed by atoms with E-state index < -0.39 is 0 Å². The van der Waals surface area contributed by atoms with Gasteiger partial charge in [-0.25, -0.2) is 0 Å². The van der Waals surface area contributed by atoms with E-state index in [0.29, 0.717) is 23.7 Å². The van der Waals surface area contributed by atoms with Crippen LogP contribution in [-0.4, -0.2) is 10.8 Å². The Labute approximate surface area is 125 Å². The third kappa shape index (κ3) is 2.40. The Balaban J connectivity index is 1.87. The van der Waals surface area contributed by atoms with Crippen molar-refractivity contribution in [2.24, 2.45) is 0 Å². The van der Waals surface area contributed by atoms with Gasteiger partial charge < -0.3 is 4.90 Å². The summed E-state index contributed by atoms with van der Waals surface area (Å²) >= 11 is 9.30. The number of rotatable bonds is 1. The van der Waals surface area contributed by atoms with E-state index in [1.807, 2.05) is 17.0 Å². The van der Waals surface area contributed by atoms with Crippen molar-refractivity contribution in [1.82, 2.24) is 4.90 Å². The van der Waals surface area contributed by atoms with Crippen molar-refractivity contribution in [3.8, 4) is 0 Å². The quantitative estimate of drug-likeness (QED) is 0.762. The molecule has 3 rings (SSSR count). The molecule has 2 aromatic rings. The molecule has 0 bridgehead atoms. The van der Waals surface area contributed by atoms with E-state index in [9.17, 15) is 4.79 Å². The molecule has 0 N–H and O–H groups in total. The summed E-state index contributed by atoms with van der Waals surface area (Å²) in [6.45, 7) is 1.34. The molecule has 19 heavy (non-hydrogen) atoms. The lowest BCUT2D eigenvalue weighted by Gasteiger charge is -2.16. The highest BCUT2D eigenvalue weighted by atomic mass is 79.9. The van der Waals surface area contributed by atoms with E-state index in [1.54, 1.807) is 18.2 Å². The normalized spacial score (nSPS) is 13.5. The predicted octanol–water partition coefficient (Wildman–Crippen LogP) is 4.26. The predicted molar refractivity (Wildman–Crippen MR) is 79.2 cm³/mol. The van der Waals surface area contributed by atoms with Crippen molar-refractivity contribution >= 4 is 33.4 Å². The van der Waals surface area contributed by atoms with Crippen molar-refractivity contribution in [2.75, 3.05) is 0 Å². The van der Waals surface area contributed by atoms with Crippen LogP contribution in [0.15, 0.2) is 46.9 Å². The van der Waals surface area contributed by atoms with Crippen LogP contribution in [0, 0.1) is 0 Å². The number of carbonyl (C=O) groups excluding carboxylic acids is 1. The van der Waals surface area contributed by atoms with Crippen LogP contribution in [0.2, 0.25) is 5.02 Å². The second-order valence-electron chi connectivity index (χ2n) is 4.55. The molecule has 2 nitrogen and oxygen atoms in total. The summed E-state index contributed by atoms with van der Waals surface area (Å²) in [5.74, 6) is 0.0275. The van der Waals surface area contributed by atoms with Crippen molar-refractivity contribution in [3.05, 3.63) is 68.7 Å². The number of halogens is 2. The van der Waals surface area contributed by atoms with Gasteiger partial charge in [0.15, 0.2) is 0 Å². The summed E-state index contributed by atoms with van der Waals surface area (Å²) in [7, 11) is 0. The number of hydrogen-bond acceptors (Lipinski definition) is 1. The van der Waals surface area contributed by atoms with Crippen molar-refractivity contribution in [3.63, 3.8) is 0 Å². The van der Waals surface area contributed by atoms with Crippen molar-refractivity contribution in [1.29, 1.82) is 0 Å². The largest absolute Gasteiger partial charge is 0.330 e. The minimum absolute atomic E-state index is 0.0275. The summed E-state index contributed by atoms with van der Waals surface area (Å²) in [5.41, 5.74) is 3.10. The molecule has 0 atom stereocenters. The molecular formula is C15H11BrClNO. The van der Waals surface area contributed by atoms with Crippen LogP contribution >= 0.6 is 27.5 Å². The topological polar surface area (TPSA) is 20.3 Å². The minimum atomic E-state index is 0.0275. The van der Waals surface area contributed by atoms with Gasteiger partial charge in [0.1, 0.15) is 0 Å². The van der Waals surface area contributed by atoms with E-state index >= 15 is 0 Å². The fourth-order valence-corrected chi connectivity index (χ4v) is 3.16. The van der Waals surface area contributed by atoms with E-state index in [1.165, 1.54) is 11.1 Å². The van der Waals surface area contributed by atoms with Crippen LogP contribution in [0.4, 0.5) is 0 Å². The van der Waals surface area contributed by atoms with Gasteiger partial charge in [-0.15, -0.1) is 0 Å². The highest BCUT2D eigenvalue weighted by Crippen LogP contribution is 2.27. The molecule has 4 heteroatoms. The standard InChI is InChI=1S/C15H11BrClNO/c16-14-7-12(17)5-6-13(14)15(19)18-8-10-3-1-2-4-11(10)9-18/h1-7H,8-9H2. The molecule has 0 saturated carbocycles. The highest BCUT2D eigenvalue weighted by molar-refractivity contribution is 9.10. The number of fused-ring (bicyclic) bond motifs is 1. The van der Waals surface area contributed by atoms with Crippen LogP contribution < -0.4 is 0 Å². The van der Waals surface area contributed by atoms with E-state index in [2.05, 4.69) is 28.1 Å². The lowest BCUT2D eigenvalue weighted by Crippen LogP contribution is -2.25. The molecule has 0 unspecified atom stereocenters. The summed E-state index contributed by atoms with van der Waals surface area (Å²) < 4.78 is 0.737. The van der Waals surface area contributed by atoms with Gasteiger partial charge >= 0.3 is 0 Å². The minimum Gasteiger partial charge on any atom is -0.330 e. The monoisotopic (exact) mass is 335 g/mol. The van der Waals surface area contributed by atoms with Crippen molar-refractivity contribution < 1.29 is 4.79 Å². The third-order valence-electron chi connectivity index (χ3n) is 3.29. The SMILES string of the molecule is O=C(c1ccc(Cl)cc1Br)N1Cc2ccccc2C1. The molecule has 0 aromatic heterocycles. The Morgan fingerprint density at radius 1 is 1.11 bits per heavy atom. The van der Waals surface area contributed by atoms with E-state index in [4.69, 9.17) is 11.6 Å². The van der Waals surface area contributed by atoms with Crippen LogP contribution in [0.1, 0.15) is 21.5 Å². The lowest BCUT2D eigenvalue weighted by molar-refractivity contribution is 0.0750. The van der Waals surface area contributed by atoms with Crippen LogP contribution in [0.5, 0.6) is 0 Å². The Kier molecular flexibility index (Phi) is 3.33. The molecule has 96 valence electrons. The first-order chi connectivity index (χ1) is 9.15. The van der Waals surface area contributed by atoms with Gasteiger partial charge in [0.25, 0.3) is 5.91 Å². The van der Waals surface area contributed by atoms with Gasteiger partial charge in [-0.1, -0.05) is 35.9 Å². The maximum Gasteiger partial charge on any atom is 0.255 e. The Bertz CT molecular complexity index is 631. The van der Waals surface area contributed by atoms with Crippen LogP contribution in [-0.2, 0) is 13.1 Å². The van der Waals surface area contributed by atoms with Crippen molar-refractivity contribution in [2.45, 2.75) is 13.1 Å². The number of amides is 1. The van der Waals surface area contributed by atoms with Crippen LogP contribution in [0.25, 0.3) is 0 Å². The van der Waals surface area contributed by atoms with Crippen LogP contribution in [0.3, 0.4) is 0 Å². The number of carbonyl (C=O) groups is 1. The van der Waals surface area contributed by atoms with Gasteiger partial charge in [-0.2, -0.15) is 0 Å². The summed E-state index contributed by atoms with van der Waals surface area (Å²) in [6, 6.07) is 13.4. The van der Waals surface area contributed by atoms with Gasteiger partial charge in [0.2, 0.25) is 0 Å². The zero-order valence-corrected chi connectivity index (χ0v) is 12.4. The maximum absolute atomic E-state index is 12.5. The van der Waals surface area contributed by atoms with E-state index in [0.717, 1.165) is 4.47 Å².